The predicted octanol–water partition coefficient (Wildman–Crippen LogP) is 2.47. The van der Waals surface area contributed by atoms with Gasteiger partial charge in [-0.1, -0.05) is 25.1 Å². The Morgan fingerprint density at radius 3 is 2.83 bits per heavy atom. The molecule has 1 amide bonds. The lowest BCUT2D eigenvalue weighted by molar-refractivity contribution is 0.100. The third kappa shape index (κ3) is 3.26. The number of carbonyl (C=O) groups is 1. The maximum Gasteiger partial charge on any atom is 0.248 e. The second-order valence-corrected chi connectivity index (χ2v) is 5.53. The first-order valence-electron chi connectivity index (χ1n) is 6.07. The first-order chi connectivity index (χ1) is 8.69. The van der Waals surface area contributed by atoms with E-state index in [0.717, 1.165) is 17.4 Å². The molecule has 2 rings (SSSR count). The second kappa shape index (κ2) is 5.91. The minimum absolute atomic E-state index is 0.405. The lowest BCUT2D eigenvalue weighted by Crippen LogP contribution is -2.11. The van der Waals surface area contributed by atoms with Crippen LogP contribution in [0.5, 0.6) is 0 Å². The van der Waals surface area contributed by atoms with Crippen LogP contribution in [-0.4, -0.2) is 22.9 Å². The Labute approximate surface area is 111 Å². The van der Waals surface area contributed by atoms with Gasteiger partial charge in [0.15, 0.2) is 5.17 Å². The van der Waals surface area contributed by atoms with E-state index in [1.165, 1.54) is 12.8 Å². The van der Waals surface area contributed by atoms with Gasteiger partial charge in [-0.05, 0) is 30.7 Å². The number of amidine groups is 1. The quantitative estimate of drug-likeness (QED) is 0.877. The standard InChI is InChI=1S/C13H17N3OS/c1-2-3-11-8-15-13(18-11)16-10-6-4-9(5-7-10)12(14)17/h4-7,11H,2-3,8H2,1H3,(H2,14,17)(H,15,16). The van der Waals surface area contributed by atoms with Gasteiger partial charge in [0.1, 0.15) is 0 Å². The summed E-state index contributed by atoms with van der Waals surface area (Å²) in [6.45, 7) is 3.08. The highest BCUT2D eigenvalue weighted by Gasteiger charge is 2.18. The van der Waals surface area contributed by atoms with Crippen LogP contribution < -0.4 is 11.1 Å². The Morgan fingerprint density at radius 2 is 2.22 bits per heavy atom. The molecular weight excluding hydrogens is 246 g/mol. The minimum atomic E-state index is -0.405. The van der Waals surface area contributed by atoms with Crippen molar-refractivity contribution < 1.29 is 4.79 Å². The van der Waals surface area contributed by atoms with Gasteiger partial charge in [0, 0.05) is 16.5 Å². The fourth-order valence-electron chi connectivity index (χ4n) is 1.80. The smallest absolute Gasteiger partial charge is 0.248 e. The summed E-state index contributed by atoms with van der Waals surface area (Å²) in [6, 6.07) is 7.12. The van der Waals surface area contributed by atoms with Crippen molar-refractivity contribution in [2.24, 2.45) is 10.7 Å². The molecule has 0 radical (unpaired) electrons. The topological polar surface area (TPSA) is 67.5 Å². The molecule has 0 aliphatic carbocycles. The Morgan fingerprint density at radius 1 is 1.50 bits per heavy atom. The summed E-state index contributed by atoms with van der Waals surface area (Å²) < 4.78 is 0. The Balaban J connectivity index is 1.92. The maximum atomic E-state index is 10.9. The normalized spacial score (nSPS) is 18.5. The average Bonchev–Trinajstić information content (AvgIpc) is 2.78. The number of hydrogen-bond acceptors (Lipinski definition) is 4. The molecule has 5 heteroatoms. The number of nitrogens with zero attached hydrogens (tertiary/aromatic N) is 1. The van der Waals surface area contributed by atoms with Crippen molar-refractivity contribution in [2.75, 3.05) is 11.9 Å². The lowest BCUT2D eigenvalue weighted by atomic mass is 10.2. The van der Waals surface area contributed by atoms with Gasteiger partial charge in [0.05, 0.1) is 6.54 Å². The molecule has 0 bridgehead atoms. The molecule has 96 valence electrons. The molecule has 3 N–H and O–H groups in total. The molecule has 0 fully saturated rings. The highest BCUT2D eigenvalue weighted by Crippen LogP contribution is 2.25. The number of aliphatic imine (C=N–C) groups is 1. The number of hydrogen-bond donors (Lipinski definition) is 2. The lowest BCUT2D eigenvalue weighted by Gasteiger charge is -2.08. The highest BCUT2D eigenvalue weighted by molar-refractivity contribution is 8.15. The second-order valence-electron chi connectivity index (χ2n) is 4.24. The average molecular weight is 263 g/mol. The molecule has 0 spiro atoms. The van der Waals surface area contributed by atoms with Crippen LogP contribution in [-0.2, 0) is 0 Å². The monoisotopic (exact) mass is 263 g/mol. The summed E-state index contributed by atoms with van der Waals surface area (Å²) >= 11 is 1.79. The molecule has 0 aromatic heterocycles. The molecule has 1 aliphatic rings. The van der Waals surface area contributed by atoms with E-state index >= 15 is 0 Å². The number of anilines is 1. The van der Waals surface area contributed by atoms with E-state index < -0.39 is 5.91 Å². The molecule has 1 aromatic carbocycles. The maximum absolute atomic E-state index is 10.9. The first kappa shape index (κ1) is 13.0. The van der Waals surface area contributed by atoms with Gasteiger partial charge in [-0.3, -0.25) is 9.79 Å². The molecule has 1 aliphatic heterocycles. The number of amides is 1. The van der Waals surface area contributed by atoms with E-state index in [-0.39, 0.29) is 0 Å². The van der Waals surface area contributed by atoms with E-state index in [2.05, 4.69) is 17.2 Å². The van der Waals surface area contributed by atoms with Crippen molar-refractivity contribution in [3.63, 3.8) is 0 Å². The SMILES string of the molecule is CCCC1CN=C(Nc2ccc(C(N)=O)cc2)S1. The van der Waals surface area contributed by atoms with Crippen molar-refractivity contribution in [1.82, 2.24) is 0 Å². The molecule has 0 saturated heterocycles. The van der Waals surface area contributed by atoms with Crippen LogP contribution in [0.3, 0.4) is 0 Å². The first-order valence-corrected chi connectivity index (χ1v) is 6.95. The van der Waals surface area contributed by atoms with Crippen LogP contribution in [0.25, 0.3) is 0 Å². The van der Waals surface area contributed by atoms with Crippen LogP contribution in [0.2, 0.25) is 0 Å². The van der Waals surface area contributed by atoms with Gasteiger partial charge in [-0.15, -0.1) is 0 Å². The zero-order valence-electron chi connectivity index (χ0n) is 10.3. The number of thioether (sulfide) groups is 1. The van der Waals surface area contributed by atoms with Crippen LogP contribution >= 0.6 is 11.8 Å². The van der Waals surface area contributed by atoms with Crippen LogP contribution in [0.4, 0.5) is 5.69 Å². The molecule has 1 unspecified atom stereocenters. The van der Waals surface area contributed by atoms with Crippen molar-refractivity contribution >= 4 is 28.5 Å². The third-order valence-electron chi connectivity index (χ3n) is 2.75. The number of nitrogens with one attached hydrogen (secondary N) is 1. The van der Waals surface area contributed by atoms with Gasteiger partial charge < -0.3 is 11.1 Å². The number of rotatable bonds is 4. The molecule has 4 nitrogen and oxygen atoms in total. The Bertz CT molecular complexity index is 456. The van der Waals surface area contributed by atoms with Gasteiger partial charge >= 0.3 is 0 Å². The Kier molecular flexibility index (Phi) is 4.25. The molecule has 18 heavy (non-hydrogen) atoms. The summed E-state index contributed by atoms with van der Waals surface area (Å²) in [7, 11) is 0. The summed E-state index contributed by atoms with van der Waals surface area (Å²) in [5.41, 5.74) is 6.64. The number of benzene rings is 1. The van der Waals surface area contributed by atoms with Gasteiger partial charge in [-0.2, -0.15) is 0 Å². The molecular formula is C13H17N3OS. The zero-order chi connectivity index (χ0) is 13.0. The van der Waals surface area contributed by atoms with Crippen molar-refractivity contribution in [1.29, 1.82) is 0 Å². The fourth-order valence-corrected chi connectivity index (χ4v) is 2.94. The predicted molar refractivity (Wildman–Crippen MR) is 77.2 cm³/mol. The van der Waals surface area contributed by atoms with Crippen LogP contribution in [0, 0.1) is 0 Å². The van der Waals surface area contributed by atoms with E-state index in [1.807, 2.05) is 12.1 Å². The molecule has 0 saturated carbocycles. The van der Waals surface area contributed by atoms with E-state index in [4.69, 9.17) is 5.73 Å². The van der Waals surface area contributed by atoms with Crippen LogP contribution in [0.15, 0.2) is 29.3 Å². The third-order valence-corrected chi connectivity index (χ3v) is 3.92. The Hall–Kier alpha value is -1.49. The largest absolute Gasteiger partial charge is 0.366 e. The molecule has 1 aromatic rings. The minimum Gasteiger partial charge on any atom is -0.366 e. The number of carbonyl (C=O) groups excluding carboxylic acids is 1. The van der Waals surface area contributed by atoms with E-state index in [1.54, 1.807) is 23.9 Å². The van der Waals surface area contributed by atoms with Crippen molar-refractivity contribution in [3.8, 4) is 0 Å². The van der Waals surface area contributed by atoms with Gasteiger partial charge in [0.25, 0.3) is 0 Å². The van der Waals surface area contributed by atoms with Gasteiger partial charge in [0.2, 0.25) is 5.91 Å². The van der Waals surface area contributed by atoms with E-state index in [9.17, 15) is 4.79 Å². The highest BCUT2D eigenvalue weighted by atomic mass is 32.2. The summed E-state index contributed by atoms with van der Waals surface area (Å²) in [6.07, 6.45) is 2.38. The fraction of sp³-hybridized carbons (Fsp3) is 0.385. The number of primary amides is 1. The summed E-state index contributed by atoms with van der Waals surface area (Å²) in [5.74, 6) is -0.405. The van der Waals surface area contributed by atoms with E-state index in [0.29, 0.717) is 10.8 Å². The van der Waals surface area contributed by atoms with Gasteiger partial charge in [-0.25, -0.2) is 0 Å². The number of nitrogens with two attached hydrogens (primary N) is 1. The van der Waals surface area contributed by atoms with Crippen molar-refractivity contribution in [3.05, 3.63) is 29.8 Å². The summed E-state index contributed by atoms with van der Waals surface area (Å²) in [4.78, 5) is 15.4. The van der Waals surface area contributed by atoms with Crippen LogP contribution in [0.1, 0.15) is 30.1 Å². The van der Waals surface area contributed by atoms with Crippen molar-refractivity contribution in [2.45, 2.75) is 25.0 Å². The summed E-state index contributed by atoms with van der Waals surface area (Å²) in [5, 5.41) is 4.81. The molecule has 1 heterocycles. The zero-order valence-corrected chi connectivity index (χ0v) is 11.2. The molecule has 1 atom stereocenters.